The van der Waals surface area contributed by atoms with Crippen LogP contribution in [0.1, 0.15) is 0 Å². The van der Waals surface area contributed by atoms with E-state index in [9.17, 15) is 0 Å². The molecule has 0 spiro atoms. The molecular formula is C12H6Cl3N3. The summed E-state index contributed by atoms with van der Waals surface area (Å²) in [4.78, 5) is 4.40. The van der Waals surface area contributed by atoms with Crippen molar-refractivity contribution in [1.82, 2.24) is 9.38 Å². The van der Waals surface area contributed by atoms with Crippen LogP contribution in [0, 0.1) is 5.41 Å². The van der Waals surface area contributed by atoms with E-state index in [0.717, 1.165) is 0 Å². The van der Waals surface area contributed by atoms with E-state index < -0.39 is 0 Å². The standard InChI is InChI=1S/C12H6Cl3N3/c13-6-4-8(15)10-9(5-6)17-12-7(14)2-1-3-18(12)11(10)16/h1-5,16H. The van der Waals surface area contributed by atoms with Crippen molar-refractivity contribution in [3.05, 3.63) is 51.0 Å². The minimum absolute atomic E-state index is 0.235. The first kappa shape index (κ1) is 11.8. The zero-order valence-corrected chi connectivity index (χ0v) is 11.2. The van der Waals surface area contributed by atoms with E-state index in [1.54, 1.807) is 34.9 Å². The van der Waals surface area contributed by atoms with Crippen LogP contribution in [-0.4, -0.2) is 9.38 Å². The third-order valence-corrected chi connectivity index (χ3v) is 3.47. The summed E-state index contributed by atoms with van der Waals surface area (Å²) < 4.78 is 1.59. The topological polar surface area (TPSA) is 41.2 Å². The summed E-state index contributed by atoms with van der Waals surface area (Å²) in [5, 5.41) is 10.1. The van der Waals surface area contributed by atoms with Crippen LogP contribution in [0.5, 0.6) is 0 Å². The normalized spacial score (nSPS) is 11.3. The highest BCUT2D eigenvalue weighted by Gasteiger charge is 2.09. The van der Waals surface area contributed by atoms with Crippen LogP contribution in [0.4, 0.5) is 0 Å². The van der Waals surface area contributed by atoms with Gasteiger partial charge in [-0.2, -0.15) is 0 Å². The summed E-state index contributed by atoms with van der Waals surface area (Å²) in [6.07, 6.45) is 1.72. The predicted molar refractivity (Wildman–Crippen MR) is 73.6 cm³/mol. The minimum atomic E-state index is 0.235. The molecule has 0 saturated heterocycles. The van der Waals surface area contributed by atoms with Gasteiger partial charge in [-0.05, 0) is 24.3 Å². The number of aromatic nitrogens is 2. The molecule has 1 aromatic carbocycles. The molecule has 0 unspecified atom stereocenters. The highest BCUT2D eigenvalue weighted by molar-refractivity contribution is 6.38. The Labute approximate surface area is 117 Å². The quantitative estimate of drug-likeness (QED) is 0.628. The van der Waals surface area contributed by atoms with Crippen LogP contribution in [0.3, 0.4) is 0 Å². The highest BCUT2D eigenvalue weighted by atomic mass is 35.5. The van der Waals surface area contributed by atoms with Gasteiger partial charge >= 0.3 is 0 Å². The fourth-order valence-corrected chi connectivity index (χ4v) is 2.66. The molecule has 1 N–H and O–H groups in total. The van der Waals surface area contributed by atoms with Crippen molar-refractivity contribution in [2.45, 2.75) is 0 Å². The maximum absolute atomic E-state index is 8.18. The van der Waals surface area contributed by atoms with Crippen molar-refractivity contribution < 1.29 is 0 Å². The number of nitrogens with one attached hydrogen (secondary N) is 1. The number of pyridine rings is 1. The minimum Gasteiger partial charge on any atom is -0.285 e. The van der Waals surface area contributed by atoms with Crippen molar-refractivity contribution in [1.29, 1.82) is 5.41 Å². The van der Waals surface area contributed by atoms with Gasteiger partial charge in [0.05, 0.1) is 20.9 Å². The maximum Gasteiger partial charge on any atom is 0.157 e. The van der Waals surface area contributed by atoms with Gasteiger partial charge in [-0.15, -0.1) is 0 Å². The van der Waals surface area contributed by atoms with Gasteiger partial charge in [-0.1, -0.05) is 34.8 Å². The van der Waals surface area contributed by atoms with Gasteiger partial charge in [0.1, 0.15) is 5.49 Å². The van der Waals surface area contributed by atoms with Crippen LogP contribution < -0.4 is 5.49 Å². The SMILES string of the molecule is N=c1c2c(Cl)cc(Cl)cc2nc2c(Cl)cccn12. The molecule has 90 valence electrons. The molecular weight excluding hydrogens is 293 g/mol. The Hall–Kier alpha value is -1.29. The van der Waals surface area contributed by atoms with E-state index in [1.807, 2.05) is 0 Å². The van der Waals surface area contributed by atoms with Crippen LogP contribution >= 0.6 is 34.8 Å². The average molecular weight is 299 g/mol. The summed E-state index contributed by atoms with van der Waals surface area (Å²) in [6.45, 7) is 0. The Kier molecular flexibility index (Phi) is 2.70. The summed E-state index contributed by atoms with van der Waals surface area (Å²) >= 11 is 18.1. The van der Waals surface area contributed by atoms with Gasteiger partial charge in [-0.25, -0.2) is 4.98 Å². The van der Waals surface area contributed by atoms with Crippen molar-refractivity contribution in [2.24, 2.45) is 0 Å². The van der Waals surface area contributed by atoms with E-state index in [1.165, 1.54) is 0 Å². The zero-order valence-electron chi connectivity index (χ0n) is 8.92. The fourth-order valence-electron chi connectivity index (χ4n) is 1.88. The molecule has 0 aliphatic heterocycles. The van der Waals surface area contributed by atoms with Gasteiger partial charge in [-0.3, -0.25) is 9.81 Å². The van der Waals surface area contributed by atoms with E-state index in [2.05, 4.69) is 4.98 Å². The number of benzene rings is 1. The second-order valence-corrected chi connectivity index (χ2v) is 5.04. The number of fused-ring (bicyclic) bond motifs is 2. The molecule has 3 nitrogen and oxygen atoms in total. The molecule has 3 aromatic rings. The molecule has 0 atom stereocenters. The van der Waals surface area contributed by atoms with Gasteiger partial charge in [0, 0.05) is 11.2 Å². The molecule has 0 bridgehead atoms. The van der Waals surface area contributed by atoms with Crippen LogP contribution in [0.2, 0.25) is 15.1 Å². The number of hydrogen-bond acceptors (Lipinski definition) is 2. The molecule has 0 fully saturated rings. The lowest BCUT2D eigenvalue weighted by atomic mass is 10.2. The molecule has 6 heteroatoms. The lowest BCUT2D eigenvalue weighted by molar-refractivity contribution is 1.00. The van der Waals surface area contributed by atoms with E-state index >= 15 is 0 Å². The summed E-state index contributed by atoms with van der Waals surface area (Å²) in [7, 11) is 0. The molecule has 0 amide bonds. The van der Waals surface area contributed by atoms with Crippen molar-refractivity contribution in [3.63, 3.8) is 0 Å². The Balaban J connectivity index is 2.66. The fraction of sp³-hybridized carbons (Fsp3) is 0. The first-order valence-corrected chi connectivity index (χ1v) is 6.21. The summed E-state index contributed by atoms with van der Waals surface area (Å²) in [6, 6.07) is 6.75. The maximum atomic E-state index is 8.18. The van der Waals surface area contributed by atoms with Gasteiger partial charge in [0.2, 0.25) is 0 Å². The second-order valence-electron chi connectivity index (χ2n) is 3.79. The smallest absolute Gasteiger partial charge is 0.157 e. The largest absolute Gasteiger partial charge is 0.285 e. The molecule has 0 saturated carbocycles. The third-order valence-electron chi connectivity index (χ3n) is 2.66. The number of nitrogens with zero attached hydrogens (tertiary/aromatic N) is 2. The molecule has 0 aliphatic carbocycles. The monoisotopic (exact) mass is 297 g/mol. The Morgan fingerprint density at radius 2 is 1.89 bits per heavy atom. The second kappa shape index (κ2) is 4.12. The van der Waals surface area contributed by atoms with Gasteiger partial charge < -0.3 is 0 Å². The van der Waals surface area contributed by atoms with Crippen LogP contribution in [0.15, 0.2) is 30.5 Å². The third kappa shape index (κ3) is 1.67. The first-order valence-electron chi connectivity index (χ1n) is 5.08. The molecule has 2 heterocycles. The van der Waals surface area contributed by atoms with Crippen molar-refractivity contribution >= 4 is 51.4 Å². The Morgan fingerprint density at radius 3 is 2.67 bits per heavy atom. The number of hydrogen-bond donors (Lipinski definition) is 1. The predicted octanol–water partition coefficient (Wildman–Crippen LogP) is 3.93. The number of rotatable bonds is 0. The van der Waals surface area contributed by atoms with Crippen LogP contribution in [0.25, 0.3) is 16.6 Å². The number of halogens is 3. The zero-order chi connectivity index (χ0) is 12.9. The lowest BCUT2D eigenvalue weighted by Gasteiger charge is -2.07. The van der Waals surface area contributed by atoms with Crippen LogP contribution in [-0.2, 0) is 0 Å². The first-order chi connectivity index (χ1) is 8.58. The molecule has 3 rings (SSSR count). The molecule has 0 radical (unpaired) electrons. The van der Waals surface area contributed by atoms with Crippen molar-refractivity contribution in [3.8, 4) is 0 Å². The van der Waals surface area contributed by atoms with Gasteiger partial charge in [0.25, 0.3) is 0 Å². The average Bonchev–Trinajstić information content (AvgIpc) is 2.30. The molecule has 2 aromatic heterocycles. The Morgan fingerprint density at radius 1 is 1.11 bits per heavy atom. The van der Waals surface area contributed by atoms with E-state index in [-0.39, 0.29) is 5.49 Å². The highest BCUT2D eigenvalue weighted by Crippen LogP contribution is 2.25. The van der Waals surface area contributed by atoms with E-state index in [4.69, 9.17) is 40.2 Å². The van der Waals surface area contributed by atoms with Gasteiger partial charge in [0.15, 0.2) is 5.65 Å². The summed E-state index contributed by atoms with van der Waals surface area (Å²) in [5.74, 6) is 0. The molecule has 0 aliphatic rings. The lowest BCUT2D eigenvalue weighted by Crippen LogP contribution is -2.15. The van der Waals surface area contributed by atoms with E-state index in [0.29, 0.717) is 31.6 Å². The van der Waals surface area contributed by atoms with Crippen molar-refractivity contribution in [2.75, 3.05) is 0 Å². The Bertz CT molecular complexity index is 839. The molecule has 18 heavy (non-hydrogen) atoms. The summed E-state index contributed by atoms with van der Waals surface area (Å²) in [5.41, 5.74) is 1.31.